The van der Waals surface area contributed by atoms with Crippen molar-refractivity contribution < 1.29 is 4.42 Å². The lowest BCUT2D eigenvalue weighted by Crippen LogP contribution is -2.41. The molecule has 15 heavy (non-hydrogen) atoms. The van der Waals surface area contributed by atoms with Gasteiger partial charge in [0.25, 0.3) is 0 Å². The van der Waals surface area contributed by atoms with E-state index in [1.165, 1.54) is 44.1 Å². The van der Waals surface area contributed by atoms with Crippen LogP contribution in [0.25, 0.3) is 0 Å². The predicted molar refractivity (Wildman–Crippen MR) is 61.8 cm³/mol. The first-order valence-electron chi connectivity index (χ1n) is 6.15. The van der Waals surface area contributed by atoms with Gasteiger partial charge in [0.15, 0.2) is 0 Å². The van der Waals surface area contributed by atoms with E-state index in [2.05, 4.69) is 18.3 Å². The van der Waals surface area contributed by atoms with Crippen LogP contribution in [0.2, 0.25) is 0 Å². The molecule has 1 aliphatic rings. The van der Waals surface area contributed by atoms with Crippen LogP contribution in [0.5, 0.6) is 0 Å². The third-order valence-corrected chi connectivity index (χ3v) is 3.49. The molecule has 84 valence electrons. The van der Waals surface area contributed by atoms with Crippen molar-refractivity contribution in [2.24, 2.45) is 0 Å². The molecule has 2 heteroatoms. The first kappa shape index (κ1) is 10.7. The van der Waals surface area contributed by atoms with Crippen molar-refractivity contribution in [2.45, 2.75) is 51.0 Å². The average Bonchev–Trinajstić information content (AvgIpc) is 2.68. The third-order valence-electron chi connectivity index (χ3n) is 3.49. The summed E-state index contributed by atoms with van der Waals surface area (Å²) in [7, 11) is 0. The molecule has 1 unspecified atom stereocenters. The second kappa shape index (κ2) is 4.84. The van der Waals surface area contributed by atoms with Crippen LogP contribution >= 0.6 is 0 Å². The van der Waals surface area contributed by atoms with Gasteiger partial charge < -0.3 is 9.73 Å². The van der Waals surface area contributed by atoms with Crippen LogP contribution in [-0.4, -0.2) is 6.54 Å². The van der Waals surface area contributed by atoms with Gasteiger partial charge in [-0.15, -0.1) is 0 Å². The van der Waals surface area contributed by atoms with Gasteiger partial charge in [-0.3, -0.25) is 0 Å². The van der Waals surface area contributed by atoms with E-state index >= 15 is 0 Å². The highest BCUT2D eigenvalue weighted by molar-refractivity contribution is 5.19. The van der Waals surface area contributed by atoms with Gasteiger partial charge in [0.05, 0.1) is 12.5 Å². The van der Waals surface area contributed by atoms with Crippen LogP contribution in [0.4, 0.5) is 0 Å². The van der Waals surface area contributed by atoms with Crippen molar-refractivity contribution in [1.82, 2.24) is 5.32 Å². The quantitative estimate of drug-likeness (QED) is 0.821. The number of hydrogen-bond acceptors (Lipinski definition) is 2. The normalized spacial score (nSPS) is 27.5. The van der Waals surface area contributed by atoms with Gasteiger partial charge in [0, 0.05) is 11.1 Å². The van der Waals surface area contributed by atoms with Crippen LogP contribution < -0.4 is 5.32 Å². The van der Waals surface area contributed by atoms with E-state index in [-0.39, 0.29) is 5.54 Å². The third kappa shape index (κ3) is 2.25. The van der Waals surface area contributed by atoms with E-state index in [0.29, 0.717) is 0 Å². The van der Waals surface area contributed by atoms with Crippen LogP contribution in [0, 0.1) is 0 Å². The molecule has 0 aromatic carbocycles. The molecule has 0 amide bonds. The molecule has 0 radical (unpaired) electrons. The Morgan fingerprint density at radius 2 is 2.33 bits per heavy atom. The van der Waals surface area contributed by atoms with Crippen molar-refractivity contribution in [3.05, 3.63) is 24.2 Å². The topological polar surface area (TPSA) is 25.2 Å². The van der Waals surface area contributed by atoms with E-state index in [1.54, 1.807) is 6.26 Å². The maximum Gasteiger partial charge on any atom is 0.0953 e. The Balaban J connectivity index is 2.21. The Kier molecular flexibility index (Phi) is 3.47. The second-order valence-corrected chi connectivity index (χ2v) is 4.58. The molecule has 1 aliphatic heterocycles. The van der Waals surface area contributed by atoms with Gasteiger partial charge in [0.2, 0.25) is 0 Å². The average molecular weight is 207 g/mol. The summed E-state index contributed by atoms with van der Waals surface area (Å²) in [5, 5.41) is 3.74. The first-order chi connectivity index (χ1) is 7.37. The Bertz CT molecular complexity index is 271. The molecule has 2 nitrogen and oxygen atoms in total. The van der Waals surface area contributed by atoms with Gasteiger partial charge in [0.1, 0.15) is 0 Å². The molecule has 2 heterocycles. The van der Waals surface area contributed by atoms with Gasteiger partial charge >= 0.3 is 0 Å². The number of furan rings is 1. The molecule has 0 aliphatic carbocycles. The molecule has 2 rings (SSSR count). The van der Waals surface area contributed by atoms with Crippen molar-refractivity contribution >= 4 is 0 Å². The zero-order valence-corrected chi connectivity index (χ0v) is 9.59. The monoisotopic (exact) mass is 207 g/mol. The summed E-state index contributed by atoms with van der Waals surface area (Å²) in [6.07, 6.45) is 11.4. The first-order valence-corrected chi connectivity index (χ1v) is 6.15. The lowest BCUT2D eigenvalue weighted by molar-refractivity contribution is 0.295. The maximum absolute atomic E-state index is 5.24. The molecular weight excluding hydrogens is 186 g/mol. The SMILES string of the molecule is CCCC1(c2ccoc2)CCCCCN1. The summed E-state index contributed by atoms with van der Waals surface area (Å²) in [5.74, 6) is 0. The lowest BCUT2D eigenvalue weighted by Gasteiger charge is -2.32. The van der Waals surface area contributed by atoms with Crippen LogP contribution in [-0.2, 0) is 5.54 Å². The standard InChI is InChI=1S/C13H21NO/c1-2-7-13(12-6-10-15-11-12)8-4-3-5-9-14-13/h6,10-11,14H,2-5,7-9H2,1H3. The molecule has 1 saturated heterocycles. The minimum absolute atomic E-state index is 0.193. The van der Waals surface area contributed by atoms with E-state index in [9.17, 15) is 0 Å². The highest BCUT2D eigenvalue weighted by atomic mass is 16.3. The predicted octanol–water partition coefficient (Wildman–Crippen LogP) is 3.44. The van der Waals surface area contributed by atoms with Crippen LogP contribution in [0.3, 0.4) is 0 Å². The molecule has 0 spiro atoms. The number of rotatable bonds is 3. The molecule has 1 fully saturated rings. The van der Waals surface area contributed by atoms with Gasteiger partial charge in [-0.05, 0) is 31.9 Å². The van der Waals surface area contributed by atoms with Crippen molar-refractivity contribution in [1.29, 1.82) is 0 Å². The van der Waals surface area contributed by atoms with Gasteiger partial charge in [-0.1, -0.05) is 26.2 Å². The molecule has 1 N–H and O–H groups in total. The fraction of sp³-hybridized carbons (Fsp3) is 0.692. The van der Waals surface area contributed by atoms with E-state index in [1.807, 2.05) is 6.26 Å². The summed E-state index contributed by atoms with van der Waals surface area (Å²) in [4.78, 5) is 0. The largest absolute Gasteiger partial charge is 0.472 e. The minimum atomic E-state index is 0.193. The summed E-state index contributed by atoms with van der Waals surface area (Å²) in [6.45, 7) is 3.40. The Morgan fingerprint density at radius 1 is 1.40 bits per heavy atom. The Labute approximate surface area is 92.1 Å². The lowest BCUT2D eigenvalue weighted by atomic mass is 9.83. The number of nitrogens with one attached hydrogen (secondary N) is 1. The van der Waals surface area contributed by atoms with Gasteiger partial charge in [-0.25, -0.2) is 0 Å². The summed E-state index contributed by atoms with van der Waals surface area (Å²) < 4.78 is 5.24. The summed E-state index contributed by atoms with van der Waals surface area (Å²) in [6, 6.07) is 2.12. The highest BCUT2D eigenvalue weighted by Crippen LogP contribution is 2.34. The van der Waals surface area contributed by atoms with Crippen LogP contribution in [0.15, 0.2) is 23.0 Å². The zero-order chi connectivity index (χ0) is 10.6. The molecule has 1 atom stereocenters. The summed E-state index contributed by atoms with van der Waals surface area (Å²) in [5.41, 5.74) is 1.53. The summed E-state index contributed by atoms with van der Waals surface area (Å²) >= 11 is 0. The molecule has 1 aromatic rings. The van der Waals surface area contributed by atoms with Gasteiger partial charge in [-0.2, -0.15) is 0 Å². The Hall–Kier alpha value is -0.760. The number of hydrogen-bond donors (Lipinski definition) is 1. The molecule has 0 bridgehead atoms. The van der Waals surface area contributed by atoms with Crippen molar-refractivity contribution in [3.63, 3.8) is 0 Å². The minimum Gasteiger partial charge on any atom is -0.472 e. The smallest absolute Gasteiger partial charge is 0.0953 e. The van der Waals surface area contributed by atoms with Crippen LogP contribution in [0.1, 0.15) is 51.0 Å². The van der Waals surface area contributed by atoms with Crippen molar-refractivity contribution in [2.75, 3.05) is 6.54 Å². The maximum atomic E-state index is 5.24. The molecular formula is C13H21NO. The zero-order valence-electron chi connectivity index (χ0n) is 9.59. The highest BCUT2D eigenvalue weighted by Gasteiger charge is 2.32. The van der Waals surface area contributed by atoms with E-state index < -0.39 is 0 Å². The fourth-order valence-corrected chi connectivity index (χ4v) is 2.71. The van der Waals surface area contributed by atoms with Crippen molar-refractivity contribution in [3.8, 4) is 0 Å². The molecule has 1 aromatic heterocycles. The van der Waals surface area contributed by atoms with E-state index in [4.69, 9.17) is 4.42 Å². The van der Waals surface area contributed by atoms with E-state index in [0.717, 1.165) is 6.54 Å². The fourth-order valence-electron chi connectivity index (χ4n) is 2.71. The Morgan fingerprint density at radius 3 is 3.07 bits per heavy atom. The molecule has 0 saturated carbocycles. The second-order valence-electron chi connectivity index (χ2n) is 4.58.